The molecule has 4 rings (SSSR count). The molecule has 1 aliphatic rings. The Morgan fingerprint density at radius 3 is 2.67 bits per heavy atom. The molecule has 3 aromatic rings. The van der Waals surface area contributed by atoms with E-state index in [0.29, 0.717) is 5.92 Å². The Hall–Kier alpha value is -2.17. The lowest BCUT2D eigenvalue weighted by Crippen LogP contribution is -2.33. The average Bonchev–Trinajstić information content (AvgIpc) is 3.09. The van der Waals surface area contributed by atoms with Crippen LogP contribution in [0.4, 0.5) is 0 Å². The van der Waals surface area contributed by atoms with Crippen molar-refractivity contribution in [3.63, 3.8) is 0 Å². The van der Waals surface area contributed by atoms with Gasteiger partial charge in [-0.3, -0.25) is 4.98 Å². The number of hydrogen-bond acceptors (Lipinski definition) is 3. The smallest absolute Gasteiger partial charge is 0.0715 e. The lowest BCUT2D eigenvalue weighted by molar-refractivity contribution is 0.212. The molecule has 0 unspecified atom stereocenters. The molecule has 4 nitrogen and oxygen atoms in total. The molecule has 3 heterocycles. The van der Waals surface area contributed by atoms with E-state index in [0.717, 1.165) is 48.8 Å². The molecule has 0 aliphatic carbocycles. The number of rotatable bonds is 6. The summed E-state index contributed by atoms with van der Waals surface area (Å²) < 4.78 is 2.25. The van der Waals surface area contributed by atoms with Gasteiger partial charge >= 0.3 is 0 Å². The predicted octanol–water partition coefficient (Wildman–Crippen LogP) is 4.95. The lowest BCUT2D eigenvalue weighted by atomic mass is 9.89. The fourth-order valence-electron chi connectivity index (χ4n) is 4.11. The van der Waals surface area contributed by atoms with Crippen LogP contribution in [0.2, 0.25) is 5.02 Å². The van der Waals surface area contributed by atoms with E-state index in [-0.39, 0.29) is 0 Å². The van der Waals surface area contributed by atoms with Crippen molar-refractivity contribution in [3.05, 3.63) is 59.5 Å². The Balaban J connectivity index is 1.58. The van der Waals surface area contributed by atoms with Crippen LogP contribution in [0.15, 0.2) is 53.9 Å². The van der Waals surface area contributed by atoms with Gasteiger partial charge in [-0.05, 0) is 87.4 Å². The Morgan fingerprint density at radius 1 is 1.15 bits per heavy atom. The average molecular weight is 381 g/mol. The second-order valence-electron chi connectivity index (χ2n) is 7.24. The fraction of sp³-hybridized carbons (Fsp3) is 0.364. The van der Waals surface area contributed by atoms with Crippen LogP contribution in [0.5, 0.6) is 0 Å². The number of halogens is 1. The first-order chi connectivity index (χ1) is 13.3. The van der Waals surface area contributed by atoms with Crippen LogP contribution in [-0.2, 0) is 0 Å². The molecular formula is C22H25ClN4. The third-order valence-corrected chi connectivity index (χ3v) is 5.81. The van der Waals surface area contributed by atoms with Gasteiger partial charge in [-0.25, -0.2) is 0 Å². The quantitative estimate of drug-likeness (QED) is 0.448. The predicted molar refractivity (Wildman–Crippen MR) is 114 cm³/mol. The molecule has 0 N–H and O–H groups in total. The van der Waals surface area contributed by atoms with Gasteiger partial charge in [0, 0.05) is 35.0 Å². The second-order valence-corrected chi connectivity index (χ2v) is 7.68. The summed E-state index contributed by atoms with van der Waals surface area (Å²) in [4.78, 5) is 10.9. The molecule has 0 amide bonds. The van der Waals surface area contributed by atoms with Crippen molar-refractivity contribution in [2.24, 2.45) is 4.99 Å². The van der Waals surface area contributed by atoms with E-state index in [4.69, 9.17) is 11.6 Å². The summed E-state index contributed by atoms with van der Waals surface area (Å²) in [6, 6.07) is 10.2. The largest absolute Gasteiger partial charge is 0.315 e. The number of hydrogen-bond donors (Lipinski definition) is 0. The third kappa shape index (κ3) is 3.92. The van der Waals surface area contributed by atoms with Gasteiger partial charge in [-0.15, -0.1) is 0 Å². The van der Waals surface area contributed by atoms with E-state index in [1.54, 1.807) is 0 Å². The molecule has 5 heteroatoms. The Bertz CT molecular complexity index is 908. The number of fused-ring (bicyclic) bond motifs is 1. The zero-order chi connectivity index (χ0) is 18.6. The van der Waals surface area contributed by atoms with E-state index >= 15 is 0 Å². The number of piperidine rings is 1. The molecule has 140 valence electrons. The second kappa shape index (κ2) is 8.24. The molecule has 1 saturated heterocycles. The van der Waals surface area contributed by atoms with Crippen LogP contribution in [0.1, 0.15) is 30.7 Å². The minimum Gasteiger partial charge on any atom is -0.315 e. The van der Waals surface area contributed by atoms with Gasteiger partial charge in [-0.2, -0.15) is 0 Å². The monoisotopic (exact) mass is 380 g/mol. The molecule has 1 aliphatic heterocycles. The minimum absolute atomic E-state index is 0.595. The van der Waals surface area contributed by atoms with Gasteiger partial charge in [0.15, 0.2) is 0 Å². The van der Waals surface area contributed by atoms with Crippen molar-refractivity contribution in [1.82, 2.24) is 14.5 Å². The number of benzene rings is 1. The fourth-order valence-corrected chi connectivity index (χ4v) is 4.24. The van der Waals surface area contributed by atoms with Gasteiger partial charge in [0.1, 0.15) is 0 Å². The lowest BCUT2D eigenvalue weighted by Gasteiger charge is -2.31. The Labute approximate surface area is 165 Å². The van der Waals surface area contributed by atoms with Crippen molar-refractivity contribution < 1.29 is 0 Å². The molecule has 2 aromatic heterocycles. The third-order valence-electron chi connectivity index (χ3n) is 5.56. The van der Waals surface area contributed by atoms with E-state index in [1.165, 1.54) is 23.8 Å². The molecule has 1 aromatic carbocycles. The minimum atomic E-state index is 0.595. The molecule has 0 spiro atoms. The molecule has 0 atom stereocenters. The molecular weight excluding hydrogens is 356 g/mol. The zero-order valence-electron chi connectivity index (χ0n) is 15.5. The summed E-state index contributed by atoms with van der Waals surface area (Å²) in [7, 11) is 0. The SMILES string of the molecule is C=NCCCN1CCC(c2cn(-c3ccc(Cl)cc3)c3cnccc23)CC1. The van der Waals surface area contributed by atoms with Crippen LogP contribution >= 0.6 is 11.6 Å². The number of aromatic nitrogens is 2. The first-order valence-electron chi connectivity index (χ1n) is 9.62. The standard InChI is InChI=1S/C22H25ClN4/c1-24-10-2-12-26-13-8-17(9-14-26)21-16-27(19-5-3-18(23)4-6-19)22-15-25-11-7-20(21)22/h3-7,11,15-17H,1-2,8-10,12-14H2. The number of nitrogens with zero attached hydrogens (tertiary/aromatic N) is 4. The summed E-state index contributed by atoms with van der Waals surface area (Å²) in [6.07, 6.45) is 9.67. The highest BCUT2D eigenvalue weighted by Crippen LogP contribution is 2.35. The van der Waals surface area contributed by atoms with Crippen molar-refractivity contribution in [1.29, 1.82) is 0 Å². The van der Waals surface area contributed by atoms with Gasteiger partial charge < -0.3 is 14.5 Å². The first-order valence-corrected chi connectivity index (χ1v) is 10.00. The number of pyridine rings is 1. The maximum atomic E-state index is 6.07. The van der Waals surface area contributed by atoms with Crippen LogP contribution in [-0.4, -0.2) is 47.3 Å². The van der Waals surface area contributed by atoms with Crippen LogP contribution in [0.3, 0.4) is 0 Å². The topological polar surface area (TPSA) is 33.4 Å². The van der Waals surface area contributed by atoms with Gasteiger partial charge in [0.2, 0.25) is 0 Å². The van der Waals surface area contributed by atoms with Crippen molar-refractivity contribution in [2.45, 2.75) is 25.2 Å². The summed E-state index contributed by atoms with van der Waals surface area (Å²) in [5.74, 6) is 0.595. The number of likely N-dealkylation sites (tertiary alicyclic amines) is 1. The first kappa shape index (κ1) is 18.2. The van der Waals surface area contributed by atoms with Gasteiger partial charge in [-0.1, -0.05) is 11.6 Å². The maximum Gasteiger partial charge on any atom is 0.0715 e. The number of aliphatic imine (C=N–C) groups is 1. The molecule has 27 heavy (non-hydrogen) atoms. The van der Waals surface area contributed by atoms with Crippen molar-refractivity contribution in [3.8, 4) is 5.69 Å². The summed E-state index contributed by atoms with van der Waals surface area (Å²) in [5, 5.41) is 2.07. The summed E-state index contributed by atoms with van der Waals surface area (Å²) in [6.45, 7) is 7.87. The van der Waals surface area contributed by atoms with Crippen molar-refractivity contribution >= 4 is 29.2 Å². The molecule has 0 bridgehead atoms. The molecule has 1 fully saturated rings. The normalized spacial score (nSPS) is 16.0. The molecule has 0 saturated carbocycles. The van der Waals surface area contributed by atoms with Crippen LogP contribution in [0, 0.1) is 0 Å². The van der Waals surface area contributed by atoms with Crippen LogP contribution < -0.4 is 0 Å². The van der Waals surface area contributed by atoms with Gasteiger partial charge in [0.25, 0.3) is 0 Å². The highest BCUT2D eigenvalue weighted by molar-refractivity contribution is 6.30. The molecule has 0 radical (unpaired) electrons. The Morgan fingerprint density at radius 2 is 1.93 bits per heavy atom. The summed E-state index contributed by atoms with van der Waals surface area (Å²) in [5.41, 5.74) is 3.72. The van der Waals surface area contributed by atoms with E-state index in [1.807, 2.05) is 24.5 Å². The van der Waals surface area contributed by atoms with Crippen LogP contribution in [0.25, 0.3) is 16.6 Å². The highest BCUT2D eigenvalue weighted by Gasteiger charge is 2.23. The maximum absolute atomic E-state index is 6.07. The highest BCUT2D eigenvalue weighted by atomic mass is 35.5. The summed E-state index contributed by atoms with van der Waals surface area (Å²) >= 11 is 6.07. The van der Waals surface area contributed by atoms with E-state index < -0.39 is 0 Å². The van der Waals surface area contributed by atoms with E-state index in [9.17, 15) is 0 Å². The van der Waals surface area contributed by atoms with Gasteiger partial charge in [0.05, 0.1) is 11.7 Å². The van der Waals surface area contributed by atoms with Crippen molar-refractivity contribution in [2.75, 3.05) is 26.2 Å². The zero-order valence-corrected chi connectivity index (χ0v) is 16.3. The van der Waals surface area contributed by atoms with E-state index in [2.05, 4.69) is 50.6 Å². The Kier molecular flexibility index (Phi) is 5.55.